The van der Waals surface area contributed by atoms with Gasteiger partial charge in [-0.1, -0.05) is 18.2 Å². The molecule has 15 heavy (non-hydrogen) atoms. The van der Waals surface area contributed by atoms with Gasteiger partial charge in [-0.15, -0.1) is 13.2 Å². The highest BCUT2D eigenvalue weighted by molar-refractivity contribution is 7.88. The van der Waals surface area contributed by atoms with Gasteiger partial charge in [0, 0.05) is 0 Å². The zero-order chi connectivity index (χ0) is 11.5. The van der Waals surface area contributed by atoms with Gasteiger partial charge in [-0.2, -0.15) is 12.6 Å². The first kappa shape index (κ1) is 11.8. The number of para-hydroxylation sites is 1. The second-order valence-corrected chi connectivity index (χ2v) is 3.73. The van der Waals surface area contributed by atoms with Crippen LogP contribution in [0.1, 0.15) is 0 Å². The van der Waals surface area contributed by atoms with Crippen LogP contribution in [0.3, 0.4) is 0 Å². The lowest BCUT2D eigenvalue weighted by Crippen LogP contribution is -2.25. The molecule has 84 valence electrons. The summed E-state index contributed by atoms with van der Waals surface area (Å²) in [7, 11) is -4.87. The summed E-state index contributed by atoms with van der Waals surface area (Å²) in [6.45, 7) is 0. The van der Waals surface area contributed by atoms with Crippen molar-refractivity contribution in [3.8, 4) is 0 Å². The van der Waals surface area contributed by atoms with Crippen molar-refractivity contribution in [2.24, 2.45) is 0 Å². The average Bonchev–Trinajstić information content (AvgIpc) is 1.99. The van der Waals surface area contributed by atoms with Crippen LogP contribution in [0, 0.1) is 0 Å². The maximum atomic E-state index is 11.6. The summed E-state index contributed by atoms with van der Waals surface area (Å²) >= 11 is 0. The second-order valence-electron chi connectivity index (χ2n) is 2.45. The van der Waals surface area contributed by atoms with E-state index in [2.05, 4.69) is 4.18 Å². The molecule has 1 N–H and O–H groups in total. The molecule has 1 aromatic carbocycles. The molecule has 0 aliphatic heterocycles. The van der Waals surface area contributed by atoms with Crippen molar-refractivity contribution >= 4 is 16.0 Å². The second kappa shape index (κ2) is 4.07. The Bertz CT molecular complexity index is 415. The monoisotopic (exact) mass is 241 g/mol. The van der Waals surface area contributed by atoms with E-state index in [1.165, 1.54) is 24.3 Å². The topological polar surface area (TPSA) is 55.4 Å². The molecule has 0 atom stereocenters. The Kier molecular flexibility index (Phi) is 3.20. The Balaban J connectivity index is 2.74. The van der Waals surface area contributed by atoms with E-state index in [1.807, 2.05) is 0 Å². The van der Waals surface area contributed by atoms with Crippen LogP contribution in [0.25, 0.3) is 0 Å². The quantitative estimate of drug-likeness (QED) is 0.879. The largest absolute Gasteiger partial charge is 0.538 e. The van der Waals surface area contributed by atoms with Crippen LogP contribution in [0.4, 0.5) is 18.9 Å². The number of alkyl halides is 3. The first-order valence-corrected chi connectivity index (χ1v) is 5.04. The molecule has 1 aromatic rings. The van der Waals surface area contributed by atoms with Gasteiger partial charge in [-0.05, 0) is 12.1 Å². The fraction of sp³-hybridized carbons (Fsp3) is 0.143. The Morgan fingerprint density at radius 2 is 1.67 bits per heavy atom. The lowest BCUT2D eigenvalue weighted by Gasteiger charge is -2.09. The van der Waals surface area contributed by atoms with Crippen molar-refractivity contribution in [2.45, 2.75) is 6.36 Å². The third-order valence-corrected chi connectivity index (χ3v) is 2.11. The van der Waals surface area contributed by atoms with Gasteiger partial charge in [0.2, 0.25) is 0 Å². The number of benzene rings is 1. The van der Waals surface area contributed by atoms with E-state index in [4.69, 9.17) is 0 Å². The van der Waals surface area contributed by atoms with Crippen LogP contribution in [-0.2, 0) is 14.5 Å². The maximum Gasteiger partial charge on any atom is 0.538 e. The van der Waals surface area contributed by atoms with E-state index in [0.29, 0.717) is 0 Å². The highest BCUT2D eigenvalue weighted by Crippen LogP contribution is 2.20. The summed E-state index contributed by atoms with van der Waals surface area (Å²) < 4.78 is 60.9. The number of halogens is 3. The fourth-order valence-corrected chi connectivity index (χ4v) is 1.51. The van der Waals surface area contributed by atoms with E-state index in [0.717, 1.165) is 0 Å². The Labute approximate surface area is 83.9 Å². The first-order chi connectivity index (χ1) is 6.79. The molecule has 0 fully saturated rings. The molecule has 8 heteroatoms. The van der Waals surface area contributed by atoms with E-state index in [-0.39, 0.29) is 5.69 Å². The smallest absolute Gasteiger partial charge is 0.261 e. The number of nitrogens with one attached hydrogen (secondary N) is 1. The molecule has 0 unspecified atom stereocenters. The van der Waals surface area contributed by atoms with E-state index in [9.17, 15) is 21.6 Å². The summed E-state index contributed by atoms with van der Waals surface area (Å²) in [6, 6.07) is 7.09. The minimum absolute atomic E-state index is 0.0123. The van der Waals surface area contributed by atoms with Crippen LogP contribution < -0.4 is 4.72 Å². The molecule has 0 bridgehead atoms. The van der Waals surface area contributed by atoms with Crippen molar-refractivity contribution in [1.82, 2.24) is 0 Å². The van der Waals surface area contributed by atoms with Gasteiger partial charge in [0.25, 0.3) is 0 Å². The molecule has 0 amide bonds. The summed E-state index contributed by atoms with van der Waals surface area (Å²) in [4.78, 5) is 0. The lowest BCUT2D eigenvalue weighted by atomic mass is 10.3. The molecule has 1 rings (SSSR count). The van der Waals surface area contributed by atoms with Crippen LogP contribution >= 0.6 is 0 Å². The third kappa shape index (κ3) is 4.66. The van der Waals surface area contributed by atoms with Crippen molar-refractivity contribution in [2.75, 3.05) is 4.72 Å². The molecule has 0 aliphatic carbocycles. The third-order valence-electron chi connectivity index (χ3n) is 1.22. The standard InChI is InChI=1S/C7H6F3NO3S/c8-7(9,10)14-15(12,13)11-6-4-2-1-3-5-6/h1-5,11H. The van der Waals surface area contributed by atoms with E-state index >= 15 is 0 Å². The predicted octanol–water partition coefficient (Wildman–Crippen LogP) is 1.88. The average molecular weight is 241 g/mol. The van der Waals surface area contributed by atoms with Crippen LogP contribution in [0.5, 0.6) is 0 Å². The predicted molar refractivity (Wildman–Crippen MR) is 46.1 cm³/mol. The number of hydrogen-bond acceptors (Lipinski definition) is 3. The molecule has 0 saturated carbocycles. The zero-order valence-electron chi connectivity index (χ0n) is 7.15. The minimum atomic E-state index is -5.24. The Hall–Kier alpha value is -1.28. The molecule has 0 radical (unpaired) electrons. The lowest BCUT2D eigenvalue weighted by molar-refractivity contribution is -0.271. The highest BCUT2D eigenvalue weighted by Gasteiger charge is 2.36. The minimum Gasteiger partial charge on any atom is -0.261 e. The highest BCUT2D eigenvalue weighted by atomic mass is 32.2. The molecule has 0 aromatic heterocycles. The molecule has 0 heterocycles. The number of rotatable bonds is 3. The molecule has 0 saturated heterocycles. The first-order valence-electron chi connectivity index (χ1n) is 3.64. The van der Waals surface area contributed by atoms with Crippen molar-refractivity contribution in [1.29, 1.82) is 0 Å². The van der Waals surface area contributed by atoms with Gasteiger partial charge in [0.1, 0.15) is 0 Å². The van der Waals surface area contributed by atoms with Crippen molar-refractivity contribution < 1.29 is 25.8 Å². The van der Waals surface area contributed by atoms with E-state index in [1.54, 1.807) is 10.8 Å². The zero-order valence-corrected chi connectivity index (χ0v) is 7.97. The van der Waals surface area contributed by atoms with Crippen molar-refractivity contribution in [3.05, 3.63) is 30.3 Å². The summed E-state index contributed by atoms with van der Waals surface area (Å²) in [5, 5.41) is 0. The van der Waals surface area contributed by atoms with Gasteiger partial charge >= 0.3 is 16.7 Å². The van der Waals surface area contributed by atoms with Crippen molar-refractivity contribution in [3.63, 3.8) is 0 Å². The Morgan fingerprint density at radius 3 is 2.13 bits per heavy atom. The summed E-state index contributed by atoms with van der Waals surface area (Å²) in [6.07, 6.45) is -5.24. The fourth-order valence-electron chi connectivity index (χ4n) is 0.796. The summed E-state index contributed by atoms with van der Waals surface area (Å²) in [5.41, 5.74) is -0.0123. The van der Waals surface area contributed by atoms with Crippen LogP contribution in [0.15, 0.2) is 30.3 Å². The summed E-state index contributed by atoms with van der Waals surface area (Å²) in [5.74, 6) is 0. The molecule has 4 nitrogen and oxygen atoms in total. The van der Waals surface area contributed by atoms with Crippen LogP contribution in [0.2, 0.25) is 0 Å². The molecule has 0 aliphatic rings. The van der Waals surface area contributed by atoms with Crippen LogP contribution in [-0.4, -0.2) is 14.8 Å². The van der Waals surface area contributed by atoms with Gasteiger partial charge < -0.3 is 0 Å². The number of hydrogen-bond donors (Lipinski definition) is 1. The normalized spacial score (nSPS) is 12.5. The molecule has 0 spiro atoms. The number of anilines is 1. The molecular weight excluding hydrogens is 235 g/mol. The van der Waals surface area contributed by atoms with Gasteiger partial charge in [-0.3, -0.25) is 4.72 Å². The van der Waals surface area contributed by atoms with Gasteiger partial charge in [-0.25, -0.2) is 0 Å². The van der Waals surface area contributed by atoms with Gasteiger partial charge in [0.15, 0.2) is 0 Å². The van der Waals surface area contributed by atoms with E-state index < -0.39 is 16.7 Å². The molecular formula is C7H6F3NO3S. The van der Waals surface area contributed by atoms with Gasteiger partial charge in [0.05, 0.1) is 5.69 Å². The Morgan fingerprint density at radius 1 is 1.13 bits per heavy atom. The SMILES string of the molecule is O=S(=O)(Nc1ccccc1)OC(F)(F)F. The maximum absolute atomic E-state index is 11.6.